The molecule has 2 aromatic heterocycles. The molecule has 2 aromatic rings. The molecular formula is C20H28N4O4S2. The minimum absolute atomic E-state index is 0.228. The molecule has 0 saturated carbocycles. The van der Waals surface area contributed by atoms with Gasteiger partial charge in [-0.2, -0.15) is 5.10 Å². The summed E-state index contributed by atoms with van der Waals surface area (Å²) in [6, 6.07) is 0. The van der Waals surface area contributed by atoms with Crippen LogP contribution < -0.4 is 5.32 Å². The summed E-state index contributed by atoms with van der Waals surface area (Å²) in [6.45, 7) is 10.2. The molecule has 2 rings (SSSR count). The van der Waals surface area contributed by atoms with E-state index >= 15 is 0 Å². The molecule has 2 heterocycles. The number of thiocarbonyl (C=S) groups is 1. The number of esters is 2. The van der Waals surface area contributed by atoms with Crippen molar-refractivity contribution in [2.75, 3.05) is 25.6 Å². The maximum absolute atomic E-state index is 12.5. The first-order chi connectivity index (χ1) is 14.1. The summed E-state index contributed by atoms with van der Waals surface area (Å²) in [4.78, 5) is 27.1. The summed E-state index contributed by atoms with van der Waals surface area (Å²) in [5.74, 6) is -0.979. The van der Waals surface area contributed by atoms with Gasteiger partial charge in [-0.15, -0.1) is 11.3 Å². The molecule has 0 saturated heterocycles. The van der Waals surface area contributed by atoms with Crippen LogP contribution in [0.25, 0.3) is 0 Å². The first-order valence-corrected chi connectivity index (χ1v) is 10.8. The van der Waals surface area contributed by atoms with E-state index in [2.05, 4.69) is 10.4 Å². The van der Waals surface area contributed by atoms with Crippen molar-refractivity contribution >= 4 is 45.6 Å². The Kier molecular flexibility index (Phi) is 7.96. The number of rotatable bonds is 7. The second-order valence-corrected chi connectivity index (χ2v) is 8.17. The van der Waals surface area contributed by atoms with Crippen molar-refractivity contribution < 1.29 is 19.1 Å². The van der Waals surface area contributed by atoms with Gasteiger partial charge < -0.3 is 19.7 Å². The number of carbonyl (C=O) groups excluding carboxylic acids is 2. The molecule has 8 nitrogen and oxygen atoms in total. The largest absolute Gasteiger partial charge is 0.462 e. The van der Waals surface area contributed by atoms with Crippen molar-refractivity contribution in [2.45, 2.75) is 41.2 Å². The number of aromatic nitrogens is 2. The molecule has 0 amide bonds. The third-order valence-electron chi connectivity index (χ3n) is 4.71. The molecule has 0 spiro atoms. The van der Waals surface area contributed by atoms with Gasteiger partial charge in [0.1, 0.15) is 9.88 Å². The quantitative estimate of drug-likeness (QED) is 0.504. The Labute approximate surface area is 186 Å². The molecule has 0 bridgehead atoms. The lowest BCUT2D eigenvalue weighted by Crippen LogP contribution is -2.31. The van der Waals surface area contributed by atoms with Crippen LogP contribution in [0.4, 0.5) is 5.00 Å². The van der Waals surface area contributed by atoms with Gasteiger partial charge in [0.2, 0.25) is 0 Å². The number of nitrogens with zero attached hydrogens (tertiary/aromatic N) is 3. The molecule has 0 aliphatic heterocycles. The van der Waals surface area contributed by atoms with Crippen molar-refractivity contribution in [1.82, 2.24) is 14.7 Å². The normalized spacial score (nSPS) is 10.6. The van der Waals surface area contributed by atoms with Crippen molar-refractivity contribution in [2.24, 2.45) is 7.05 Å². The second-order valence-electron chi connectivity index (χ2n) is 6.76. The van der Waals surface area contributed by atoms with Crippen molar-refractivity contribution in [3.05, 3.63) is 33.0 Å². The molecule has 10 heteroatoms. The van der Waals surface area contributed by atoms with Gasteiger partial charge in [-0.05, 0) is 52.4 Å². The van der Waals surface area contributed by atoms with Crippen LogP contribution in [0.2, 0.25) is 0 Å². The fourth-order valence-corrected chi connectivity index (χ4v) is 4.31. The molecule has 164 valence electrons. The number of ether oxygens (including phenoxy) is 2. The van der Waals surface area contributed by atoms with Gasteiger partial charge in [0, 0.05) is 31.9 Å². The van der Waals surface area contributed by atoms with E-state index in [1.54, 1.807) is 20.8 Å². The Balaban J connectivity index is 2.30. The predicted octanol–water partition coefficient (Wildman–Crippen LogP) is 3.59. The third kappa shape index (κ3) is 4.99. The maximum Gasteiger partial charge on any atom is 0.348 e. The molecule has 0 unspecified atom stereocenters. The number of hydrogen-bond donors (Lipinski definition) is 1. The fraction of sp³-hybridized carbons (Fsp3) is 0.500. The zero-order valence-corrected chi connectivity index (χ0v) is 20.0. The van der Waals surface area contributed by atoms with Crippen LogP contribution in [0.3, 0.4) is 0 Å². The van der Waals surface area contributed by atoms with Gasteiger partial charge >= 0.3 is 11.9 Å². The zero-order chi connectivity index (χ0) is 22.6. The van der Waals surface area contributed by atoms with E-state index in [-0.39, 0.29) is 13.2 Å². The number of hydrogen-bond acceptors (Lipinski definition) is 7. The highest BCUT2D eigenvalue weighted by atomic mass is 32.1. The first kappa shape index (κ1) is 23.8. The highest BCUT2D eigenvalue weighted by Gasteiger charge is 2.27. The molecule has 0 fully saturated rings. The maximum atomic E-state index is 12.5. The van der Waals surface area contributed by atoms with Crippen LogP contribution in [-0.2, 0) is 23.1 Å². The predicted molar refractivity (Wildman–Crippen MR) is 121 cm³/mol. The van der Waals surface area contributed by atoms with E-state index in [1.165, 1.54) is 0 Å². The van der Waals surface area contributed by atoms with Crippen molar-refractivity contribution in [3.8, 4) is 0 Å². The Bertz CT molecular complexity index is 965. The number of anilines is 1. The Morgan fingerprint density at radius 3 is 2.30 bits per heavy atom. The van der Waals surface area contributed by atoms with Crippen molar-refractivity contribution in [1.29, 1.82) is 0 Å². The molecule has 0 aliphatic carbocycles. The average molecular weight is 453 g/mol. The summed E-state index contributed by atoms with van der Waals surface area (Å²) in [5.41, 5.74) is 3.90. The number of nitrogens with one attached hydrogen (secondary N) is 1. The van der Waals surface area contributed by atoms with Crippen LogP contribution in [0.5, 0.6) is 0 Å². The molecule has 30 heavy (non-hydrogen) atoms. The monoisotopic (exact) mass is 452 g/mol. The number of aryl methyl sites for hydroxylation is 2. The highest BCUT2D eigenvalue weighted by Crippen LogP contribution is 2.34. The van der Waals surface area contributed by atoms with Crippen LogP contribution in [-0.4, -0.2) is 52.0 Å². The Hall–Kier alpha value is -2.46. The molecule has 1 N–H and O–H groups in total. The lowest BCUT2D eigenvalue weighted by atomic mass is 10.1. The molecule has 0 radical (unpaired) electrons. The summed E-state index contributed by atoms with van der Waals surface area (Å²) >= 11 is 6.69. The van der Waals surface area contributed by atoms with Gasteiger partial charge in [-0.25, -0.2) is 9.59 Å². The summed E-state index contributed by atoms with van der Waals surface area (Å²) in [5, 5.41) is 8.43. The van der Waals surface area contributed by atoms with E-state index < -0.39 is 11.9 Å². The smallest absolute Gasteiger partial charge is 0.348 e. The van der Waals surface area contributed by atoms with Crippen LogP contribution >= 0.6 is 23.6 Å². The van der Waals surface area contributed by atoms with Crippen LogP contribution in [0, 0.1) is 20.8 Å². The fourth-order valence-electron chi connectivity index (χ4n) is 2.99. The lowest BCUT2D eigenvalue weighted by molar-refractivity contribution is 0.0527. The minimum Gasteiger partial charge on any atom is -0.462 e. The van der Waals surface area contributed by atoms with E-state index in [9.17, 15) is 9.59 Å². The molecule has 0 aliphatic rings. The first-order valence-electron chi connectivity index (χ1n) is 9.61. The standard InChI is InChI=1S/C20H28N4O4S2/c1-8-27-18(25)15-11(3)16(19(26)28-9-2)30-17(15)21-20(29)23(6)10-14-12(4)22-24(7)13(14)5/h8-10H2,1-7H3,(H,21,29). The van der Waals surface area contributed by atoms with E-state index in [1.807, 2.05) is 37.5 Å². The molecular weight excluding hydrogens is 424 g/mol. The van der Waals surface area contributed by atoms with Crippen LogP contribution in [0.1, 0.15) is 56.4 Å². The van der Waals surface area contributed by atoms with Gasteiger partial charge in [0.15, 0.2) is 5.11 Å². The third-order valence-corrected chi connectivity index (χ3v) is 6.31. The molecule has 0 aromatic carbocycles. The summed E-state index contributed by atoms with van der Waals surface area (Å²) < 4.78 is 12.1. The summed E-state index contributed by atoms with van der Waals surface area (Å²) in [7, 11) is 3.76. The lowest BCUT2D eigenvalue weighted by Gasteiger charge is -2.21. The highest BCUT2D eigenvalue weighted by molar-refractivity contribution is 7.80. The van der Waals surface area contributed by atoms with Gasteiger partial charge in [-0.1, -0.05) is 0 Å². The zero-order valence-electron chi connectivity index (χ0n) is 18.4. The minimum atomic E-state index is -0.506. The SMILES string of the molecule is CCOC(=O)c1sc(NC(=S)N(C)Cc2c(C)nn(C)c2C)c(C(=O)OCC)c1C. The topological polar surface area (TPSA) is 85.7 Å². The van der Waals surface area contributed by atoms with Gasteiger partial charge in [-0.3, -0.25) is 4.68 Å². The van der Waals surface area contributed by atoms with Crippen LogP contribution in [0.15, 0.2) is 0 Å². The number of thiophene rings is 1. The summed E-state index contributed by atoms with van der Waals surface area (Å²) in [6.07, 6.45) is 0. The van der Waals surface area contributed by atoms with Gasteiger partial charge in [0.25, 0.3) is 0 Å². The number of carbonyl (C=O) groups is 2. The van der Waals surface area contributed by atoms with Gasteiger partial charge in [0.05, 0.1) is 24.5 Å². The second kappa shape index (κ2) is 10.0. The Morgan fingerprint density at radius 2 is 1.77 bits per heavy atom. The van der Waals surface area contributed by atoms with Crippen molar-refractivity contribution in [3.63, 3.8) is 0 Å². The average Bonchev–Trinajstić information content (AvgIpc) is 3.12. The Morgan fingerprint density at radius 1 is 1.17 bits per heavy atom. The van der Waals surface area contributed by atoms with E-state index in [0.29, 0.717) is 32.7 Å². The molecule has 0 atom stereocenters. The van der Waals surface area contributed by atoms with E-state index in [4.69, 9.17) is 21.7 Å². The van der Waals surface area contributed by atoms with E-state index in [0.717, 1.165) is 28.3 Å².